The van der Waals surface area contributed by atoms with Gasteiger partial charge >= 0.3 is 0 Å². The quantitative estimate of drug-likeness (QED) is 0.905. The Bertz CT molecular complexity index is 537. The molecule has 0 spiro atoms. The number of halogens is 1. The number of furan rings is 1. The molecule has 0 saturated carbocycles. The Balaban J connectivity index is 2.20. The minimum absolute atomic E-state index is 0.182. The van der Waals surface area contributed by atoms with Gasteiger partial charge in [-0.1, -0.05) is 0 Å². The lowest BCUT2D eigenvalue weighted by Gasteiger charge is -2.10. The SMILES string of the molecule is CCOc1cc(F)ccc1NC(=O)c1ccco1. The standard InChI is InChI=1S/C13H12FNO3/c1-2-17-12-8-9(14)5-6-10(12)15-13(16)11-4-3-7-18-11/h3-8H,2H2,1H3,(H,15,16). The van der Waals surface area contributed by atoms with E-state index in [1.54, 1.807) is 19.1 Å². The average Bonchev–Trinajstić information content (AvgIpc) is 2.86. The Hall–Kier alpha value is -2.30. The van der Waals surface area contributed by atoms with Gasteiger partial charge in [-0.3, -0.25) is 4.79 Å². The highest BCUT2D eigenvalue weighted by Gasteiger charge is 2.12. The first-order valence-electron chi connectivity index (χ1n) is 5.48. The van der Waals surface area contributed by atoms with Gasteiger partial charge in [0.25, 0.3) is 5.91 Å². The number of benzene rings is 1. The van der Waals surface area contributed by atoms with E-state index in [-0.39, 0.29) is 11.5 Å². The lowest BCUT2D eigenvalue weighted by molar-refractivity contribution is 0.0996. The third-order valence-corrected chi connectivity index (χ3v) is 2.24. The van der Waals surface area contributed by atoms with Crippen LogP contribution in [0.2, 0.25) is 0 Å². The van der Waals surface area contributed by atoms with Gasteiger partial charge in [0, 0.05) is 6.07 Å². The Morgan fingerprint density at radius 2 is 2.28 bits per heavy atom. The summed E-state index contributed by atoms with van der Waals surface area (Å²) < 4.78 is 23.3. The molecular weight excluding hydrogens is 237 g/mol. The van der Waals surface area contributed by atoms with Gasteiger partial charge < -0.3 is 14.5 Å². The highest BCUT2D eigenvalue weighted by molar-refractivity contribution is 6.03. The van der Waals surface area contributed by atoms with Crippen molar-refractivity contribution in [3.05, 3.63) is 48.2 Å². The smallest absolute Gasteiger partial charge is 0.291 e. The summed E-state index contributed by atoms with van der Waals surface area (Å²) in [5, 5.41) is 2.60. The molecule has 0 saturated heterocycles. The molecule has 0 bridgehead atoms. The number of anilines is 1. The van der Waals surface area contributed by atoms with E-state index < -0.39 is 11.7 Å². The van der Waals surface area contributed by atoms with E-state index in [0.29, 0.717) is 12.3 Å². The molecule has 5 heteroatoms. The van der Waals surface area contributed by atoms with E-state index in [2.05, 4.69) is 5.32 Å². The largest absolute Gasteiger partial charge is 0.492 e. The molecule has 0 aliphatic carbocycles. The van der Waals surface area contributed by atoms with Crippen LogP contribution in [0.5, 0.6) is 5.75 Å². The van der Waals surface area contributed by atoms with Crippen molar-refractivity contribution in [2.45, 2.75) is 6.92 Å². The summed E-state index contributed by atoms with van der Waals surface area (Å²) in [4.78, 5) is 11.8. The van der Waals surface area contributed by atoms with Gasteiger partial charge in [-0.2, -0.15) is 0 Å². The fourth-order valence-electron chi connectivity index (χ4n) is 1.47. The van der Waals surface area contributed by atoms with Crippen LogP contribution in [-0.2, 0) is 0 Å². The topological polar surface area (TPSA) is 51.5 Å². The summed E-state index contributed by atoms with van der Waals surface area (Å²) in [6.07, 6.45) is 1.41. The van der Waals surface area contributed by atoms with Gasteiger partial charge in [-0.25, -0.2) is 4.39 Å². The second kappa shape index (κ2) is 5.35. The number of carbonyl (C=O) groups excluding carboxylic acids is 1. The monoisotopic (exact) mass is 249 g/mol. The summed E-state index contributed by atoms with van der Waals surface area (Å²) in [7, 11) is 0. The normalized spacial score (nSPS) is 10.1. The van der Waals surface area contributed by atoms with E-state index in [1.165, 1.54) is 24.5 Å². The predicted octanol–water partition coefficient (Wildman–Crippen LogP) is 3.07. The van der Waals surface area contributed by atoms with Gasteiger partial charge in [-0.05, 0) is 31.2 Å². The molecule has 94 valence electrons. The molecule has 0 fully saturated rings. The Morgan fingerprint density at radius 1 is 1.44 bits per heavy atom. The molecule has 0 unspecified atom stereocenters. The highest BCUT2D eigenvalue weighted by Crippen LogP contribution is 2.26. The van der Waals surface area contributed by atoms with Crippen molar-refractivity contribution in [3.63, 3.8) is 0 Å². The molecule has 0 atom stereocenters. The summed E-state index contributed by atoms with van der Waals surface area (Å²) >= 11 is 0. The molecule has 0 radical (unpaired) electrons. The van der Waals surface area contributed by atoms with Gasteiger partial charge in [0.1, 0.15) is 11.6 Å². The maximum atomic E-state index is 13.1. The Kier molecular flexibility index (Phi) is 3.62. The first-order chi connectivity index (χ1) is 8.70. The number of hydrogen-bond donors (Lipinski definition) is 1. The minimum Gasteiger partial charge on any atom is -0.492 e. The maximum absolute atomic E-state index is 13.1. The van der Waals surface area contributed by atoms with Crippen LogP contribution in [0.3, 0.4) is 0 Å². The van der Waals surface area contributed by atoms with Crippen molar-refractivity contribution >= 4 is 11.6 Å². The summed E-state index contributed by atoms with van der Waals surface area (Å²) in [6.45, 7) is 2.16. The van der Waals surface area contributed by atoms with Gasteiger partial charge in [-0.15, -0.1) is 0 Å². The van der Waals surface area contributed by atoms with Gasteiger partial charge in [0.05, 0.1) is 18.6 Å². The molecule has 2 aromatic rings. The predicted molar refractivity (Wildman–Crippen MR) is 64.2 cm³/mol. The molecule has 1 amide bonds. The number of hydrogen-bond acceptors (Lipinski definition) is 3. The Morgan fingerprint density at radius 3 is 2.94 bits per heavy atom. The van der Waals surface area contributed by atoms with Crippen molar-refractivity contribution in [2.75, 3.05) is 11.9 Å². The second-order valence-electron chi connectivity index (χ2n) is 3.50. The first kappa shape index (κ1) is 12.2. The van der Waals surface area contributed by atoms with Crippen LogP contribution in [0.25, 0.3) is 0 Å². The molecule has 0 aliphatic heterocycles. The van der Waals surface area contributed by atoms with Crippen LogP contribution in [0.1, 0.15) is 17.5 Å². The molecule has 2 rings (SSSR count). The van der Waals surface area contributed by atoms with Crippen molar-refractivity contribution in [2.24, 2.45) is 0 Å². The van der Waals surface area contributed by atoms with Gasteiger partial charge in [0.15, 0.2) is 5.76 Å². The molecular formula is C13H12FNO3. The summed E-state index contributed by atoms with van der Waals surface area (Å²) in [5.74, 6) is -0.360. The van der Waals surface area contributed by atoms with Crippen LogP contribution in [0, 0.1) is 5.82 Å². The number of amides is 1. The third kappa shape index (κ3) is 2.68. The minimum atomic E-state index is -0.422. The van der Waals surface area contributed by atoms with Crippen LogP contribution >= 0.6 is 0 Å². The van der Waals surface area contributed by atoms with Crippen LogP contribution in [-0.4, -0.2) is 12.5 Å². The lowest BCUT2D eigenvalue weighted by atomic mass is 10.2. The third-order valence-electron chi connectivity index (χ3n) is 2.24. The number of ether oxygens (including phenoxy) is 1. The van der Waals surface area contributed by atoms with Crippen LogP contribution in [0.15, 0.2) is 41.0 Å². The number of nitrogens with one attached hydrogen (secondary N) is 1. The van der Waals surface area contributed by atoms with E-state index in [9.17, 15) is 9.18 Å². The molecule has 4 nitrogen and oxygen atoms in total. The van der Waals surface area contributed by atoms with Crippen molar-refractivity contribution in [1.29, 1.82) is 0 Å². The van der Waals surface area contributed by atoms with Gasteiger partial charge in [0.2, 0.25) is 0 Å². The van der Waals surface area contributed by atoms with Crippen molar-refractivity contribution < 1.29 is 18.3 Å². The molecule has 0 aliphatic rings. The fourth-order valence-corrected chi connectivity index (χ4v) is 1.47. The van der Waals surface area contributed by atoms with Crippen molar-refractivity contribution in [3.8, 4) is 5.75 Å². The number of carbonyl (C=O) groups is 1. The van der Waals surface area contributed by atoms with E-state index >= 15 is 0 Å². The zero-order valence-electron chi connectivity index (χ0n) is 9.77. The fraction of sp³-hybridized carbons (Fsp3) is 0.154. The van der Waals surface area contributed by atoms with Crippen LogP contribution < -0.4 is 10.1 Å². The average molecular weight is 249 g/mol. The molecule has 1 N–H and O–H groups in total. The van der Waals surface area contributed by atoms with E-state index in [1.807, 2.05) is 0 Å². The lowest BCUT2D eigenvalue weighted by Crippen LogP contribution is -2.12. The zero-order valence-corrected chi connectivity index (χ0v) is 9.77. The summed E-state index contributed by atoms with van der Waals surface area (Å²) in [5.41, 5.74) is 0.402. The molecule has 1 aromatic heterocycles. The molecule has 1 aromatic carbocycles. The van der Waals surface area contributed by atoms with E-state index in [4.69, 9.17) is 9.15 Å². The van der Waals surface area contributed by atoms with Crippen molar-refractivity contribution in [1.82, 2.24) is 0 Å². The first-order valence-corrected chi connectivity index (χ1v) is 5.48. The Labute approximate surface area is 103 Å². The van der Waals surface area contributed by atoms with Crippen LogP contribution in [0.4, 0.5) is 10.1 Å². The zero-order chi connectivity index (χ0) is 13.0. The highest BCUT2D eigenvalue weighted by atomic mass is 19.1. The maximum Gasteiger partial charge on any atom is 0.291 e. The molecule has 18 heavy (non-hydrogen) atoms. The molecule has 1 heterocycles. The number of rotatable bonds is 4. The van der Waals surface area contributed by atoms with E-state index in [0.717, 1.165) is 0 Å². The summed E-state index contributed by atoms with van der Waals surface area (Å²) in [6, 6.07) is 7.07. The second-order valence-corrected chi connectivity index (χ2v) is 3.50.